The van der Waals surface area contributed by atoms with Crippen LogP contribution in [0.25, 0.3) is 0 Å². The standard InChI is InChI=1S/C18H23N3O/c1-22-17-8-6-15(7-9-17)4-5-16-3-2-12-21(14-16)18-13-19-10-11-20-18/h6-11,13,16H,2-5,12,14H2,1H3/t16-/m0/s1. The van der Waals surface area contributed by atoms with E-state index in [2.05, 4.69) is 27.0 Å². The zero-order chi connectivity index (χ0) is 15.2. The molecule has 0 amide bonds. The summed E-state index contributed by atoms with van der Waals surface area (Å²) in [6.07, 6.45) is 10.3. The van der Waals surface area contributed by atoms with Gasteiger partial charge in [-0.3, -0.25) is 4.98 Å². The minimum atomic E-state index is 0.734. The molecule has 1 aliphatic rings. The number of aryl methyl sites for hydroxylation is 1. The SMILES string of the molecule is COc1ccc(CC[C@@H]2CCCN(c3cnccn3)C2)cc1. The molecule has 1 saturated heterocycles. The number of anilines is 1. The van der Waals surface area contributed by atoms with E-state index in [9.17, 15) is 0 Å². The third-order valence-corrected chi connectivity index (χ3v) is 4.39. The first kappa shape index (κ1) is 14.8. The van der Waals surface area contributed by atoms with Gasteiger partial charge in [0.1, 0.15) is 11.6 Å². The second-order valence-electron chi connectivity index (χ2n) is 5.90. The Kier molecular flexibility index (Phi) is 4.88. The molecule has 4 heteroatoms. The van der Waals surface area contributed by atoms with Crippen LogP contribution in [0.3, 0.4) is 0 Å². The lowest BCUT2D eigenvalue weighted by Gasteiger charge is -2.33. The van der Waals surface area contributed by atoms with Crippen molar-refractivity contribution in [1.29, 1.82) is 0 Å². The number of methoxy groups -OCH3 is 1. The molecule has 4 nitrogen and oxygen atoms in total. The van der Waals surface area contributed by atoms with Gasteiger partial charge in [0.05, 0.1) is 13.3 Å². The second-order valence-corrected chi connectivity index (χ2v) is 5.90. The van der Waals surface area contributed by atoms with Gasteiger partial charge in [-0.15, -0.1) is 0 Å². The lowest BCUT2D eigenvalue weighted by atomic mass is 9.91. The summed E-state index contributed by atoms with van der Waals surface area (Å²) in [5, 5.41) is 0. The van der Waals surface area contributed by atoms with Gasteiger partial charge in [-0.25, -0.2) is 4.98 Å². The lowest BCUT2D eigenvalue weighted by molar-refractivity contribution is 0.389. The van der Waals surface area contributed by atoms with Crippen molar-refractivity contribution >= 4 is 5.82 Å². The third-order valence-electron chi connectivity index (χ3n) is 4.39. The van der Waals surface area contributed by atoms with Crippen LogP contribution in [0.2, 0.25) is 0 Å². The van der Waals surface area contributed by atoms with Crippen LogP contribution in [-0.2, 0) is 6.42 Å². The quantitative estimate of drug-likeness (QED) is 0.848. The number of aromatic nitrogens is 2. The maximum atomic E-state index is 5.21. The number of rotatable bonds is 5. The Morgan fingerprint density at radius 1 is 1.23 bits per heavy atom. The molecule has 0 bridgehead atoms. The normalized spacial score (nSPS) is 18.2. The van der Waals surface area contributed by atoms with Gasteiger partial charge in [-0.1, -0.05) is 12.1 Å². The summed E-state index contributed by atoms with van der Waals surface area (Å²) in [5.74, 6) is 2.67. The molecule has 1 fully saturated rings. The minimum Gasteiger partial charge on any atom is -0.497 e. The molecular formula is C18H23N3O. The third kappa shape index (κ3) is 3.75. The molecule has 2 heterocycles. The van der Waals surface area contributed by atoms with Crippen molar-refractivity contribution < 1.29 is 4.74 Å². The highest BCUT2D eigenvalue weighted by atomic mass is 16.5. The summed E-state index contributed by atoms with van der Waals surface area (Å²) in [7, 11) is 1.71. The first-order valence-corrected chi connectivity index (χ1v) is 7.99. The van der Waals surface area contributed by atoms with E-state index in [4.69, 9.17) is 4.74 Å². The van der Waals surface area contributed by atoms with Crippen molar-refractivity contribution in [3.8, 4) is 5.75 Å². The molecule has 0 spiro atoms. The fourth-order valence-electron chi connectivity index (χ4n) is 3.13. The summed E-state index contributed by atoms with van der Waals surface area (Å²) >= 11 is 0. The first-order valence-electron chi connectivity index (χ1n) is 7.99. The van der Waals surface area contributed by atoms with Crippen LogP contribution in [0, 0.1) is 5.92 Å². The molecule has 116 valence electrons. The first-order chi connectivity index (χ1) is 10.8. The van der Waals surface area contributed by atoms with Gasteiger partial charge >= 0.3 is 0 Å². The van der Waals surface area contributed by atoms with Crippen LogP contribution in [0.1, 0.15) is 24.8 Å². The molecule has 0 aliphatic carbocycles. The predicted octanol–water partition coefficient (Wildman–Crippen LogP) is 3.33. The molecule has 0 radical (unpaired) electrons. The Bertz CT molecular complexity index is 571. The van der Waals surface area contributed by atoms with E-state index in [1.165, 1.54) is 24.8 Å². The highest BCUT2D eigenvalue weighted by Gasteiger charge is 2.20. The Labute approximate surface area is 132 Å². The maximum Gasteiger partial charge on any atom is 0.147 e. The zero-order valence-electron chi connectivity index (χ0n) is 13.1. The molecule has 0 N–H and O–H groups in total. The number of hydrogen-bond acceptors (Lipinski definition) is 4. The smallest absolute Gasteiger partial charge is 0.147 e. The number of hydrogen-bond donors (Lipinski definition) is 0. The Morgan fingerprint density at radius 3 is 2.82 bits per heavy atom. The summed E-state index contributed by atoms with van der Waals surface area (Å²) in [5.41, 5.74) is 1.39. The Balaban J connectivity index is 1.54. The molecule has 1 aliphatic heterocycles. The van der Waals surface area contributed by atoms with E-state index >= 15 is 0 Å². The van der Waals surface area contributed by atoms with Crippen molar-refractivity contribution in [2.24, 2.45) is 5.92 Å². The van der Waals surface area contributed by atoms with Gasteiger partial charge in [0.15, 0.2) is 0 Å². The van der Waals surface area contributed by atoms with Gasteiger partial charge in [-0.2, -0.15) is 0 Å². The lowest BCUT2D eigenvalue weighted by Crippen LogP contribution is -2.36. The molecule has 1 aromatic carbocycles. The zero-order valence-corrected chi connectivity index (χ0v) is 13.1. The van der Waals surface area contributed by atoms with Crippen LogP contribution in [0.4, 0.5) is 5.82 Å². The van der Waals surface area contributed by atoms with Crippen LogP contribution < -0.4 is 9.64 Å². The van der Waals surface area contributed by atoms with Crippen molar-refractivity contribution in [1.82, 2.24) is 9.97 Å². The van der Waals surface area contributed by atoms with E-state index in [0.717, 1.165) is 37.0 Å². The minimum absolute atomic E-state index is 0.734. The van der Waals surface area contributed by atoms with Crippen molar-refractivity contribution in [2.45, 2.75) is 25.7 Å². The van der Waals surface area contributed by atoms with Gasteiger partial charge in [0, 0.05) is 25.5 Å². The van der Waals surface area contributed by atoms with E-state index in [1.807, 2.05) is 18.3 Å². The number of piperidine rings is 1. The predicted molar refractivity (Wildman–Crippen MR) is 88.3 cm³/mol. The average molecular weight is 297 g/mol. The van der Waals surface area contributed by atoms with E-state index in [0.29, 0.717) is 0 Å². The van der Waals surface area contributed by atoms with Crippen LogP contribution in [-0.4, -0.2) is 30.2 Å². The number of nitrogens with zero attached hydrogens (tertiary/aromatic N) is 3. The van der Waals surface area contributed by atoms with Gasteiger partial charge in [0.25, 0.3) is 0 Å². The monoisotopic (exact) mass is 297 g/mol. The van der Waals surface area contributed by atoms with Crippen LogP contribution in [0.5, 0.6) is 5.75 Å². The molecule has 3 rings (SSSR count). The van der Waals surface area contributed by atoms with Crippen LogP contribution >= 0.6 is 0 Å². The largest absolute Gasteiger partial charge is 0.497 e. The molecule has 22 heavy (non-hydrogen) atoms. The van der Waals surface area contributed by atoms with Crippen molar-refractivity contribution in [3.05, 3.63) is 48.4 Å². The summed E-state index contributed by atoms with van der Waals surface area (Å²) in [6.45, 7) is 2.19. The fourth-order valence-corrected chi connectivity index (χ4v) is 3.13. The van der Waals surface area contributed by atoms with E-state index in [1.54, 1.807) is 19.5 Å². The average Bonchev–Trinajstić information content (AvgIpc) is 2.61. The van der Waals surface area contributed by atoms with Gasteiger partial charge < -0.3 is 9.64 Å². The van der Waals surface area contributed by atoms with E-state index < -0.39 is 0 Å². The Hall–Kier alpha value is -2.10. The Morgan fingerprint density at radius 2 is 2.09 bits per heavy atom. The fraction of sp³-hybridized carbons (Fsp3) is 0.444. The van der Waals surface area contributed by atoms with E-state index in [-0.39, 0.29) is 0 Å². The topological polar surface area (TPSA) is 38.2 Å². The summed E-state index contributed by atoms with van der Waals surface area (Å²) in [6, 6.07) is 8.42. The molecular weight excluding hydrogens is 274 g/mol. The van der Waals surface area contributed by atoms with Gasteiger partial charge in [0.2, 0.25) is 0 Å². The molecule has 1 aromatic heterocycles. The molecule has 0 saturated carbocycles. The van der Waals surface area contributed by atoms with Crippen LogP contribution in [0.15, 0.2) is 42.9 Å². The molecule has 2 aromatic rings. The second kappa shape index (κ2) is 7.25. The molecule has 0 unspecified atom stereocenters. The maximum absolute atomic E-state index is 5.21. The summed E-state index contributed by atoms with van der Waals surface area (Å²) < 4.78 is 5.21. The highest BCUT2D eigenvalue weighted by Crippen LogP contribution is 2.24. The molecule has 1 atom stereocenters. The van der Waals surface area contributed by atoms with Crippen molar-refractivity contribution in [2.75, 3.05) is 25.1 Å². The number of ether oxygens (including phenoxy) is 1. The van der Waals surface area contributed by atoms with Gasteiger partial charge in [-0.05, 0) is 49.3 Å². The summed E-state index contributed by atoms with van der Waals surface area (Å²) in [4.78, 5) is 11.0. The number of benzene rings is 1. The van der Waals surface area contributed by atoms with Crippen molar-refractivity contribution in [3.63, 3.8) is 0 Å². The highest BCUT2D eigenvalue weighted by molar-refractivity contribution is 5.35.